The summed E-state index contributed by atoms with van der Waals surface area (Å²) in [7, 11) is -3.24. The van der Waals surface area contributed by atoms with Crippen LogP contribution in [0.4, 0.5) is 5.69 Å². The van der Waals surface area contributed by atoms with Crippen LogP contribution in [-0.2, 0) is 20.0 Å². The van der Waals surface area contributed by atoms with Crippen molar-refractivity contribution in [1.29, 1.82) is 0 Å². The van der Waals surface area contributed by atoms with E-state index in [0.29, 0.717) is 11.4 Å². The van der Waals surface area contributed by atoms with Crippen LogP contribution in [0.15, 0.2) is 53.4 Å². The third-order valence-corrected chi connectivity index (χ3v) is 4.78. The van der Waals surface area contributed by atoms with Crippen LogP contribution >= 0.6 is 0 Å². The first-order valence-electron chi connectivity index (χ1n) is 7.89. The summed E-state index contributed by atoms with van der Waals surface area (Å²) < 4.78 is 28.2. The summed E-state index contributed by atoms with van der Waals surface area (Å²) in [6.45, 7) is 6.23. The monoisotopic (exact) mass is 361 g/mol. The Labute approximate surface area is 148 Å². The van der Waals surface area contributed by atoms with Crippen molar-refractivity contribution in [2.45, 2.75) is 31.1 Å². The van der Waals surface area contributed by atoms with Crippen molar-refractivity contribution in [3.63, 3.8) is 0 Å². The number of sulfone groups is 1. The normalized spacial score (nSPS) is 11.8. The van der Waals surface area contributed by atoms with Gasteiger partial charge < -0.3 is 10.1 Å². The van der Waals surface area contributed by atoms with E-state index in [1.54, 1.807) is 0 Å². The number of carbonyl (C=O) groups excluding carboxylic acids is 1. The predicted molar refractivity (Wildman–Crippen MR) is 98.8 cm³/mol. The van der Waals surface area contributed by atoms with Crippen molar-refractivity contribution in [3.8, 4) is 5.75 Å². The van der Waals surface area contributed by atoms with Crippen LogP contribution < -0.4 is 10.1 Å². The van der Waals surface area contributed by atoms with Crippen molar-refractivity contribution in [2.75, 3.05) is 18.2 Å². The summed E-state index contributed by atoms with van der Waals surface area (Å²) in [6, 6.07) is 13.7. The molecule has 134 valence electrons. The van der Waals surface area contributed by atoms with Gasteiger partial charge in [-0.1, -0.05) is 32.9 Å². The van der Waals surface area contributed by atoms with E-state index in [2.05, 4.69) is 26.1 Å². The number of benzene rings is 2. The quantitative estimate of drug-likeness (QED) is 0.886. The van der Waals surface area contributed by atoms with Gasteiger partial charge in [0.05, 0.1) is 4.90 Å². The first-order chi connectivity index (χ1) is 11.6. The third kappa shape index (κ3) is 5.60. The fraction of sp³-hybridized carbons (Fsp3) is 0.316. The van der Waals surface area contributed by atoms with Gasteiger partial charge in [0.1, 0.15) is 5.75 Å². The van der Waals surface area contributed by atoms with E-state index in [0.717, 1.165) is 6.26 Å². The van der Waals surface area contributed by atoms with Crippen LogP contribution in [0.3, 0.4) is 0 Å². The molecule has 0 aliphatic heterocycles. The molecule has 0 unspecified atom stereocenters. The topological polar surface area (TPSA) is 72.5 Å². The lowest BCUT2D eigenvalue weighted by atomic mass is 9.87. The molecule has 0 saturated heterocycles. The number of rotatable bonds is 5. The molecule has 0 atom stereocenters. The lowest BCUT2D eigenvalue weighted by molar-refractivity contribution is -0.118. The maximum atomic E-state index is 12.0. The molecule has 25 heavy (non-hydrogen) atoms. The molecule has 0 aliphatic carbocycles. The van der Waals surface area contributed by atoms with Gasteiger partial charge >= 0.3 is 0 Å². The van der Waals surface area contributed by atoms with E-state index < -0.39 is 9.84 Å². The van der Waals surface area contributed by atoms with E-state index in [4.69, 9.17) is 4.74 Å². The zero-order valence-electron chi connectivity index (χ0n) is 14.9. The van der Waals surface area contributed by atoms with Gasteiger partial charge in [-0.05, 0) is 47.4 Å². The molecule has 0 heterocycles. The predicted octanol–water partition coefficient (Wildman–Crippen LogP) is 3.41. The second-order valence-electron chi connectivity index (χ2n) is 6.91. The number of anilines is 1. The molecule has 1 amide bonds. The zero-order chi connectivity index (χ0) is 18.7. The van der Waals surface area contributed by atoms with Crippen LogP contribution in [0.2, 0.25) is 0 Å². The Morgan fingerprint density at radius 1 is 1.00 bits per heavy atom. The molecule has 2 aromatic carbocycles. The number of ether oxygens (including phenoxy) is 1. The number of hydrogen-bond donors (Lipinski definition) is 1. The summed E-state index contributed by atoms with van der Waals surface area (Å²) in [6.07, 6.45) is 1.14. The summed E-state index contributed by atoms with van der Waals surface area (Å²) in [5.41, 5.74) is 1.95. The van der Waals surface area contributed by atoms with Crippen LogP contribution in [0, 0.1) is 0 Å². The standard InChI is InChI=1S/C19H23NO4S/c1-19(2,3)14-5-7-15(8-6-14)20-18(21)13-24-16-9-11-17(12-10-16)25(4,22)23/h5-12H,13H2,1-4H3,(H,20,21). The minimum Gasteiger partial charge on any atom is -0.484 e. The SMILES string of the molecule is CC(C)(C)c1ccc(NC(=O)COc2ccc(S(C)(=O)=O)cc2)cc1. The van der Waals surface area contributed by atoms with E-state index in [1.165, 1.54) is 29.8 Å². The Balaban J connectivity index is 1.90. The summed E-state index contributed by atoms with van der Waals surface area (Å²) >= 11 is 0. The highest BCUT2D eigenvalue weighted by atomic mass is 32.2. The van der Waals surface area contributed by atoms with Crippen LogP contribution in [0.5, 0.6) is 5.75 Å². The molecule has 0 spiro atoms. The third-order valence-electron chi connectivity index (χ3n) is 3.66. The molecule has 0 radical (unpaired) electrons. The lowest BCUT2D eigenvalue weighted by Crippen LogP contribution is -2.20. The van der Waals surface area contributed by atoms with Gasteiger partial charge in [-0.2, -0.15) is 0 Å². The van der Waals surface area contributed by atoms with Gasteiger partial charge in [0, 0.05) is 11.9 Å². The second-order valence-corrected chi connectivity index (χ2v) is 8.92. The molecule has 0 aliphatic rings. The van der Waals surface area contributed by atoms with Crippen molar-refractivity contribution in [1.82, 2.24) is 0 Å². The first kappa shape index (κ1) is 19.0. The Kier molecular flexibility index (Phi) is 5.52. The molecule has 0 bridgehead atoms. The Morgan fingerprint density at radius 2 is 1.56 bits per heavy atom. The van der Waals surface area contributed by atoms with Gasteiger partial charge in [-0.3, -0.25) is 4.79 Å². The number of hydrogen-bond acceptors (Lipinski definition) is 4. The fourth-order valence-electron chi connectivity index (χ4n) is 2.18. The minimum absolute atomic E-state index is 0.0593. The highest BCUT2D eigenvalue weighted by Gasteiger charge is 2.13. The van der Waals surface area contributed by atoms with Gasteiger partial charge in [0.25, 0.3) is 5.91 Å². The Bertz CT molecular complexity index is 832. The number of nitrogens with one attached hydrogen (secondary N) is 1. The second kappa shape index (κ2) is 7.27. The number of carbonyl (C=O) groups is 1. The zero-order valence-corrected chi connectivity index (χ0v) is 15.7. The first-order valence-corrected chi connectivity index (χ1v) is 9.78. The summed E-state index contributed by atoms with van der Waals surface area (Å²) in [5.74, 6) is 0.154. The molecule has 0 saturated carbocycles. The highest BCUT2D eigenvalue weighted by Crippen LogP contribution is 2.23. The molecule has 1 N–H and O–H groups in total. The number of amides is 1. The average Bonchev–Trinajstić information content (AvgIpc) is 2.52. The van der Waals surface area contributed by atoms with Gasteiger partial charge in [0.15, 0.2) is 16.4 Å². The van der Waals surface area contributed by atoms with Crippen molar-refractivity contribution in [2.24, 2.45) is 0 Å². The van der Waals surface area contributed by atoms with Crippen LogP contribution in [-0.4, -0.2) is 27.2 Å². The molecule has 5 nitrogen and oxygen atoms in total. The smallest absolute Gasteiger partial charge is 0.262 e. The minimum atomic E-state index is -3.24. The fourth-order valence-corrected chi connectivity index (χ4v) is 2.81. The molecule has 2 rings (SSSR count). The lowest BCUT2D eigenvalue weighted by Gasteiger charge is -2.19. The van der Waals surface area contributed by atoms with E-state index in [9.17, 15) is 13.2 Å². The van der Waals surface area contributed by atoms with Crippen molar-refractivity contribution < 1.29 is 17.9 Å². The largest absolute Gasteiger partial charge is 0.484 e. The molecule has 0 aromatic heterocycles. The van der Waals surface area contributed by atoms with Crippen LogP contribution in [0.1, 0.15) is 26.3 Å². The molecule has 2 aromatic rings. The van der Waals surface area contributed by atoms with Gasteiger partial charge in [-0.25, -0.2) is 8.42 Å². The molecule has 6 heteroatoms. The molecule has 0 fully saturated rings. The Morgan fingerprint density at radius 3 is 2.04 bits per heavy atom. The van der Waals surface area contributed by atoms with E-state index in [1.807, 2.05) is 24.3 Å². The average molecular weight is 361 g/mol. The molecular weight excluding hydrogens is 338 g/mol. The maximum absolute atomic E-state index is 12.0. The summed E-state index contributed by atoms with van der Waals surface area (Å²) in [4.78, 5) is 12.2. The highest BCUT2D eigenvalue weighted by molar-refractivity contribution is 7.90. The van der Waals surface area contributed by atoms with Crippen molar-refractivity contribution in [3.05, 3.63) is 54.1 Å². The maximum Gasteiger partial charge on any atom is 0.262 e. The van der Waals surface area contributed by atoms with E-state index >= 15 is 0 Å². The van der Waals surface area contributed by atoms with Crippen molar-refractivity contribution >= 4 is 21.4 Å². The van der Waals surface area contributed by atoms with Crippen LogP contribution in [0.25, 0.3) is 0 Å². The van der Waals surface area contributed by atoms with Gasteiger partial charge in [0.2, 0.25) is 0 Å². The molecular formula is C19H23NO4S. The van der Waals surface area contributed by atoms with E-state index in [-0.39, 0.29) is 22.8 Å². The summed E-state index contributed by atoms with van der Waals surface area (Å²) in [5, 5.41) is 2.77. The Hall–Kier alpha value is -2.34. The van der Waals surface area contributed by atoms with Gasteiger partial charge in [-0.15, -0.1) is 0 Å².